The van der Waals surface area contributed by atoms with Crippen LogP contribution in [0.25, 0.3) is 0 Å². The van der Waals surface area contributed by atoms with Crippen LogP contribution in [0.2, 0.25) is 0 Å². The summed E-state index contributed by atoms with van der Waals surface area (Å²) in [6.45, 7) is 1.83. The van der Waals surface area contributed by atoms with E-state index in [1.165, 1.54) is 18.3 Å². The molecule has 158 valence electrons. The zero-order valence-electron chi connectivity index (χ0n) is 16.6. The molecule has 0 saturated carbocycles. The highest BCUT2D eigenvalue weighted by Gasteiger charge is 2.10. The zero-order chi connectivity index (χ0) is 22.2. The van der Waals surface area contributed by atoms with E-state index in [1.807, 2.05) is 31.2 Å². The van der Waals surface area contributed by atoms with E-state index in [2.05, 4.69) is 31.8 Å². The van der Waals surface area contributed by atoms with Crippen molar-refractivity contribution in [2.45, 2.75) is 6.92 Å². The minimum absolute atomic E-state index is 0.110. The van der Waals surface area contributed by atoms with E-state index < -0.39 is 5.91 Å². The number of phenolic OH excluding ortho intramolecular Hbond substituents is 1. The van der Waals surface area contributed by atoms with Crippen molar-refractivity contribution in [3.8, 4) is 11.5 Å². The molecule has 0 aromatic heterocycles. The first-order valence-electron chi connectivity index (χ1n) is 9.32. The molecule has 0 radical (unpaired) electrons. The molecule has 0 spiro atoms. The highest BCUT2D eigenvalue weighted by Crippen LogP contribution is 2.21. The number of carbonyl (C=O) groups is 2. The van der Waals surface area contributed by atoms with Crippen molar-refractivity contribution >= 4 is 39.6 Å². The minimum Gasteiger partial charge on any atom is -0.507 e. The van der Waals surface area contributed by atoms with Gasteiger partial charge in [0.05, 0.1) is 11.8 Å². The van der Waals surface area contributed by atoms with E-state index >= 15 is 0 Å². The molecule has 0 bridgehead atoms. The number of hydrogen-bond donors (Lipinski definition) is 3. The molecule has 0 aliphatic carbocycles. The molecule has 0 saturated heterocycles. The summed E-state index contributed by atoms with van der Waals surface area (Å²) < 4.78 is 6.16. The van der Waals surface area contributed by atoms with Gasteiger partial charge in [-0.1, -0.05) is 28.1 Å². The molecule has 7 nitrogen and oxygen atoms in total. The second-order valence-corrected chi connectivity index (χ2v) is 7.55. The lowest BCUT2D eigenvalue weighted by molar-refractivity contribution is -0.118. The van der Waals surface area contributed by atoms with Crippen molar-refractivity contribution in [3.63, 3.8) is 0 Å². The van der Waals surface area contributed by atoms with Crippen LogP contribution in [-0.2, 0) is 4.79 Å². The Bertz CT molecular complexity index is 1110. The van der Waals surface area contributed by atoms with Crippen molar-refractivity contribution in [2.75, 3.05) is 11.9 Å². The number of benzene rings is 3. The van der Waals surface area contributed by atoms with Crippen LogP contribution in [0.5, 0.6) is 11.5 Å². The van der Waals surface area contributed by atoms with Gasteiger partial charge >= 0.3 is 0 Å². The van der Waals surface area contributed by atoms with E-state index in [1.54, 1.807) is 30.3 Å². The Morgan fingerprint density at radius 2 is 1.87 bits per heavy atom. The van der Waals surface area contributed by atoms with Crippen LogP contribution in [0, 0.1) is 6.92 Å². The van der Waals surface area contributed by atoms with Gasteiger partial charge in [-0.2, -0.15) is 5.10 Å². The van der Waals surface area contributed by atoms with Crippen molar-refractivity contribution in [2.24, 2.45) is 5.10 Å². The lowest BCUT2D eigenvalue weighted by Gasteiger charge is -2.08. The van der Waals surface area contributed by atoms with Gasteiger partial charge in [0.1, 0.15) is 11.5 Å². The van der Waals surface area contributed by atoms with E-state index in [0.29, 0.717) is 10.2 Å². The van der Waals surface area contributed by atoms with Crippen molar-refractivity contribution in [1.82, 2.24) is 5.43 Å². The lowest BCUT2D eigenvalue weighted by atomic mass is 10.2. The van der Waals surface area contributed by atoms with Gasteiger partial charge in [-0.05, 0) is 72.6 Å². The van der Waals surface area contributed by atoms with Gasteiger partial charge in [-0.25, -0.2) is 5.43 Å². The fraction of sp³-hybridized carbons (Fsp3) is 0.0870. The summed E-state index contributed by atoms with van der Waals surface area (Å²) in [6.07, 6.45) is 1.46. The zero-order valence-corrected chi connectivity index (χ0v) is 18.2. The minimum atomic E-state index is -0.533. The van der Waals surface area contributed by atoms with Crippen LogP contribution >= 0.6 is 15.9 Å². The molecule has 2 amide bonds. The molecule has 0 aliphatic heterocycles. The van der Waals surface area contributed by atoms with Crippen molar-refractivity contribution < 1.29 is 19.4 Å². The molecule has 0 aliphatic rings. The Kier molecular flexibility index (Phi) is 7.40. The fourth-order valence-corrected chi connectivity index (χ4v) is 3.00. The second-order valence-electron chi connectivity index (χ2n) is 6.64. The topological polar surface area (TPSA) is 100 Å². The van der Waals surface area contributed by atoms with Gasteiger partial charge in [0.2, 0.25) is 0 Å². The third kappa shape index (κ3) is 6.68. The van der Waals surface area contributed by atoms with Gasteiger partial charge < -0.3 is 15.2 Å². The Morgan fingerprint density at radius 3 is 2.61 bits per heavy atom. The van der Waals surface area contributed by atoms with Crippen LogP contribution in [0.4, 0.5) is 5.69 Å². The standard InChI is InChI=1S/C23H20BrN3O4/c1-15-3-2-4-18(11-15)26-22(29)14-31-19-8-5-16(6-9-19)13-25-27-23(30)20-12-17(24)7-10-21(20)28/h2-13,28H,14H2,1H3,(H,26,29)(H,27,30)/b25-13+. The first-order chi connectivity index (χ1) is 14.9. The number of amides is 2. The Balaban J connectivity index is 1.49. The number of halogens is 1. The molecule has 3 aromatic carbocycles. The number of nitrogens with one attached hydrogen (secondary N) is 2. The number of phenols is 1. The van der Waals surface area contributed by atoms with Gasteiger partial charge in [0, 0.05) is 10.2 Å². The normalized spacial score (nSPS) is 10.6. The monoisotopic (exact) mass is 481 g/mol. The number of anilines is 1. The first-order valence-corrected chi connectivity index (χ1v) is 10.1. The first kappa shape index (κ1) is 22.0. The number of aromatic hydroxyl groups is 1. The number of ether oxygens (including phenoxy) is 1. The maximum atomic E-state index is 12.1. The van der Waals surface area contributed by atoms with E-state index in [9.17, 15) is 14.7 Å². The summed E-state index contributed by atoms with van der Waals surface area (Å²) in [5, 5.41) is 16.4. The summed E-state index contributed by atoms with van der Waals surface area (Å²) in [6, 6.07) is 18.9. The summed E-state index contributed by atoms with van der Waals surface area (Å²) in [4.78, 5) is 24.1. The van der Waals surface area contributed by atoms with Gasteiger partial charge in [0.25, 0.3) is 11.8 Å². The number of carbonyl (C=O) groups excluding carboxylic acids is 2. The third-order valence-corrected chi connectivity index (χ3v) is 4.63. The Morgan fingerprint density at radius 1 is 1.10 bits per heavy atom. The number of nitrogens with zero attached hydrogens (tertiary/aromatic N) is 1. The summed E-state index contributed by atoms with van der Waals surface area (Å²) in [5.41, 5.74) is 4.97. The average Bonchev–Trinajstić information content (AvgIpc) is 2.75. The Labute approximate surface area is 187 Å². The highest BCUT2D eigenvalue weighted by molar-refractivity contribution is 9.10. The van der Waals surface area contributed by atoms with Crippen LogP contribution in [0.3, 0.4) is 0 Å². The molecule has 0 atom stereocenters. The number of rotatable bonds is 7. The van der Waals surface area contributed by atoms with E-state index in [4.69, 9.17) is 4.74 Å². The fourth-order valence-electron chi connectivity index (χ4n) is 2.63. The van der Waals surface area contributed by atoms with Gasteiger partial charge in [-0.3, -0.25) is 9.59 Å². The third-order valence-electron chi connectivity index (χ3n) is 4.13. The van der Waals surface area contributed by atoms with Crippen LogP contribution in [0.1, 0.15) is 21.5 Å². The molecule has 3 rings (SSSR count). The average molecular weight is 482 g/mol. The maximum Gasteiger partial charge on any atom is 0.275 e. The summed E-state index contributed by atoms with van der Waals surface area (Å²) in [5.74, 6) is -0.396. The van der Waals surface area contributed by atoms with Crippen molar-refractivity contribution in [3.05, 3.63) is 87.9 Å². The number of hydrazone groups is 1. The molecule has 0 unspecified atom stereocenters. The lowest BCUT2D eigenvalue weighted by Crippen LogP contribution is -2.20. The van der Waals surface area contributed by atoms with Gasteiger partial charge in [-0.15, -0.1) is 0 Å². The second kappa shape index (κ2) is 10.4. The number of hydrogen-bond acceptors (Lipinski definition) is 5. The maximum absolute atomic E-state index is 12.1. The predicted octanol–water partition coefficient (Wildman–Crippen LogP) is 4.24. The Hall–Kier alpha value is -3.65. The SMILES string of the molecule is Cc1cccc(NC(=O)COc2ccc(/C=N/NC(=O)c3cc(Br)ccc3O)cc2)c1. The molecule has 3 aromatic rings. The van der Waals surface area contributed by atoms with Crippen LogP contribution in [0.15, 0.2) is 76.3 Å². The van der Waals surface area contributed by atoms with Crippen LogP contribution < -0.4 is 15.5 Å². The molecule has 0 heterocycles. The smallest absolute Gasteiger partial charge is 0.275 e. The predicted molar refractivity (Wildman–Crippen MR) is 123 cm³/mol. The van der Waals surface area contributed by atoms with Crippen molar-refractivity contribution in [1.29, 1.82) is 0 Å². The molecule has 31 heavy (non-hydrogen) atoms. The quantitative estimate of drug-likeness (QED) is 0.347. The van der Waals surface area contributed by atoms with Crippen LogP contribution in [-0.4, -0.2) is 29.7 Å². The van der Waals surface area contributed by atoms with E-state index in [-0.39, 0.29) is 23.8 Å². The summed E-state index contributed by atoms with van der Waals surface area (Å²) >= 11 is 3.25. The largest absolute Gasteiger partial charge is 0.507 e. The van der Waals surface area contributed by atoms with E-state index in [0.717, 1.165) is 16.8 Å². The number of aryl methyl sites for hydroxylation is 1. The molecular formula is C23H20BrN3O4. The molecule has 8 heteroatoms. The van der Waals surface area contributed by atoms with Gasteiger partial charge in [0.15, 0.2) is 6.61 Å². The summed E-state index contributed by atoms with van der Waals surface area (Å²) in [7, 11) is 0. The molecule has 3 N–H and O–H groups in total. The highest BCUT2D eigenvalue weighted by atomic mass is 79.9. The molecule has 0 fully saturated rings. The molecular weight excluding hydrogens is 462 g/mol.